The van der Waals surface area contributed by atoms with Gasteiger partial charge in [0.05, 0.1) is 5.39 Å². The predicted molar refractivity (Wildman–Crippen MR) is 104 cm³/mol. The Balaban J connectivity index is 1.59. The summed E-state index contributed by atoms with van der Waals surface area (Å²) in [5.41, 5.74) is 3.03. The van der Waals surface area contributed by atoms with E-state index in [1.165, 1.54) is 0 Å². The van der Waals surface area contributed by atoms with Crippen LogP contribution in [0.25, 0.3) is 21.3 Å². The van der Waals surface area contributed by atoms with Gasteiger partial charge in [0, 0.05) is 27.7 Å². The number of ether oxygens (including phenoxy) is 2. The van der Waals surface area contributed by atoms with Crippen molar-refractivity contribution in [2.75, 3.05) is 12.1 Å². The second-order valence-electron chi connectivity index (χ2n) is 5.75. The molecule has 0 saturated carbocycles. The molecule has 0 atom stereocenters. The summed E-state index contributed by atoms with van der Waals surface area (Å²) in [4.78, 5) is 9.78. The fraction of sp³-hybridized carbons (Fsp3) is 0.0526. The summed E-state index contributed by atoms with van der Waals surface area (Å²) < 4.78 is 10.8. The SMILES string of the molecule is Clc1ccc(-c2csc3ncnc(Nc4ccc5c(c4)OCO5)c23)cc1. The Kier molecular flexibility index (Phi) is 3.65. The minimum atomic E-state index is 0.252. The number of rotatable bonds is 3. The van der Waals surface area contributed by atoms with Gasteiger partial charge in [0.25, 0.3) is 0 Å². The Hall–Kier alpha value is -2.83. The number of benzene rings is 2. The van der Waals surface area contributed by atoms with Crippen LogP contribution in [0.2, 0.25) is 5.02 Å². The Bertz CT molecular complexity index is 1110. The van der Waals surface area contributed by atoms with Gasteiger partial charge in [-0.15, -0.1) is 11.3 Å². The zero-order valence-electron chi connectivity index (χ0n) is 13.4. The van der Waals surface area contributed by atoms with E-state index in [1.54, 1.807) is 17.7 Å². The summed E-state index contributed by atoms with van der Waals surface area (Å²) in [5.74, 6) is 2.23. The third-order valence-corrected chi connectivity index (χ3v) is 5.30. The second kappa shape index (κ2) is 6.16. The molecular formula is C19H12ClN3O2S. The average Bonchev–Trinajstić information content (AvgIpc) is 3.29. The summed E-state index contributed by atoms with van der Waals surface area (Å²) in [7, 11) is 0. The smallest absolute Gasteiger partial charge is 0.231 e. The lowest BCUT2D eigenvalue weighted by atomic mass is 10.1. The monoisotopic (exact) mass is 381 g/mol. The first kappa shape index (κ1) is 15.4. The molecule has 4 aromatic rings. The molecule has 0 saturated heterocycles. The van der Waals surface area contributed by atoms with E-state index in [0.717, 1.165) is 44.3 Å². The van der Waals surface area contributed by atoms with E-state index in [2.05, 4.69) is 20.7 Å². The van der Waals surface area contributed by atoms with E-state index >= 15 is 0 Å². The Morgan fingerprint density at radius 3 is 2.73 bits per heavy atom. The van der Waals surface area contributed by atoms with Crippen LogP contribution in [0.15, 0.2) is 54.2 Å². The van der Waals surface area contributed by atoms with Crippen molar-refractivity contribution in [1.82, 2.24) is 9.97 Å². The Labute approximate surface area is 158 Å². The minimum Gasteiger partial charge on any atom is -0.454 e. The molecule has 0 spiro atoms. The van der Waals surface area contributed by atoms with Crippen molar-refractivity contribution >= 4 is 44.7 Å². The highest BCUT2D eigenvalue weighted by Gasteiger charge is 2.16. The van der Waals surface area contributed by atoms with Crippen LogP contribution in [0.3, 0.4) is 0 Å². The van der Waals surface area contributed by atoms with Crippen molar-refractivity contribution in [2.45, 2.75) is 0 Å². The van der Waals surface area contributed by atoms with Crippen LogP contribution >= 0.6 is 22.9 Å². The van der Waals surface area contributed by atoms with Gasteiger partial charge in [0.2, 0.25) is 6.79 Å². The lowest BCUT2D eigenvalue weighted by Crippen LogP contribution is -1.95. The van der Waals surface area contributed by atoms with Crippen molar-refractivity contribution in [3.05, 3.63) is 59.2 Å². The first-order valence-electron chi connectivity index (χ1n) is 7.93. The van der Waals surface area contributed by atoms with E-state index in [0.29, 0.717) is 5.02 Å². The van der Waals surface area contributed by atoms with E-state index in [4.69, 9.17) is 21.1 Å². The Morgan fingerprint density at radius 2 is 1.85 bits per heavy atom. The number of hydrogen-bond acceptors (Lipinski definition) is 6. The van der Waals surface area contributed by atoms with Crippen molar-refractivity contribution in [3.63, 3.8) is 0 Å². The lowest BCUT2D eigenvalue weighted by Gasteiger charge is -2.09. The van der Waals surface area contributed by atoms with Crippen LogP contribution in [-0.2, 0) is 0 Å². The number of aromatic nitrogens is 2. The van der Waals surface area contributed by atoms with Gasteiger partial charge in [-0.1, -0.05) is 23.7 Å². The van der Waals surface area contributed by atoms with Gasteiger partial charge in [-0.2, -0.15) is 0 Å². The molecule has 2 aromatic heterocycles. The summed E-state index contributed by atoms with van der Waals surface area (Å²) in [6, 6.07) is 13.5. The molecule has 0 radical (unpaired) electrons. The second-order valence-corrected chi connectivity index (χ2v) is 7.05. The molecule has 5 rings (SSSR count). The van der Waals surface area contributed by atoms with Crippen LogP contribution in [0.1, 0.15) is 0 Å². The summed E-state index contributed by atoms with van der Waals surface area (Å²) in [6.45, 7) is 0.252. The predicted octanol–water partition coefficient (Wildman–Crippen LogP) is 5.48. The van der Waals surface area contributed by atoms with Crippen molar-refractivity contribution in [3.8, 4) is 22.6 Å². The molecule has 26 heavy (non-hydrogen) atoms. The van der Waals surface area contributed by atoms with Crippen molar-refractivity contribution < 1.29 is 9.47 Å². The Morgan fingerprint density at radius 1 is 1.00 bits per heavy atom. The number of anilines is 2. The topological polar surface area (TPSA) is 56.3 Å². The number of fused-ring (bicyclic) bond motifs is 2. The number of nitrogens with one attached hydrogen (secondary N) is 1. The fourth-order valence-corrected chi connectivity index (χ4v) is 3.96. The molecule has 0 amide bonds. The highest BCUT2D eigenvalue weighted by Crippen LogP contribution is 2.39. The maximum Gasteiger partial charge on any atom is 0.231 e. The summed E-state index contributed by atoms with van der Waals surface area (Å²) in [5, 5.41) is 7.16. The molecule has 1 N–H and O–H groups in total. The van der Waals surface area contributed by atoms with E-state index < -0.39 is 0 Å². The third kappa shape index (κ3) is 2.64. The molecule has 128 valence electrons. The van der Waals surface area contributed by atoms with Gasteiger partial charge in [-0.3, -0.25) is 0 Å². The van der Waals surface area contributed by atoms with E-state index in [9.17, 15) is 0 Å². The van der Waals surface area contributed by atoms with Crippen molar-refractivity contribution in [2.24, 2.45) is 0 Å². The molecule has 5 nitrogen and oxygen atoms in total. The maximum atomic E-state index is 6.02. The molecule has 0 fully saturated rings. The molecule has 1 aliphatic rings. The van der Waals surface area contributed by atoms with Gasteiger partial charge in [-0.25, -0.2) is 9.97 Å². The molecule has 0 bridgehead atoms. The van der Waals surface area contributed by atoms with Crippen LogP contribution in [0.4, 0.5) is 11.5 Å². The molecule has 0 unspecified atom stereocenters. The van der Waals surface area contributed by atoms with E-state index in [1.807, 2.05) is 42.5 Å². The minimum absolute atomic E-state index is 0.252. The highest BCUT2D eigenvalue weighted by molar-refractivity contribution is 7.17. The van der Waals surface area contributed by atoms with Gasteiger partial charge < -0.3 is 14.8 Å². The largest absolute Gasteiger partial charge is 0.454 e. The number of hydrogen-bond donors (Lipinski definition) is 1. The maximum absolute atomic E-state index is 6.02. The molecule has 3 heterocycles. The zero-order chi connectivity index (χ0) is 17.5. The number of thiophene rings is 1. The molecule has 1 aliphatic heterocycles. The normalized spacial score (nSPS) is 12.5. The van der Waals surface area contributed by atoms with Crippen molar-refractivity contribution in [1.29, 1.82) is 0 Å². The van der Waals surface area contributed by atoms with Gasteiger partial charge in [0.1, 0.15) is 17.0 Å². The van der Waals surface area contributed by atoms with Crippen LogP contribution in [0, 0.1) is 0 Å². The average molecular weight is 382 g/mol. The first-order valence-corrected chi connectivity index (χ1v) is 9.18. The third-order valence-electron chi connectivity index (χ3n) is 4.16. The first-order chi connectivity index (χ1) is 12.8. The quantitative estimate of drug-likeness (QED) is 0.509. The van der Waals surface area contributed by atoms with Crippen LogP contribution in [0.5, 0.6) is 11.5 Å². The number of nitrogens with zero attached hydrogens (tertiary/aromatic N) is 2. The fourth-order valence-electron chi connectivity index (χ4n) is 2.92. The molecule has 0 aliphatic carbocycles. The highest BCUT2D eigenvalue weighted by atomic mass is 35.5. The molecule has 7 heteroatoms. The van der Waals surface area contributed by atoms with Gasteiger partial charge in [0.15, 0.2) is 11.5 Å². The van der Waals surface area contributed by atoms with Gasteiger partial charge in [-0.05, 0) is 29.8 Å². The summed E-state index contributed by atoms with van der Waals surface area (Å²) in [6.07, 6.45) is 1.57. The van der Waals surface area contributed by atoms with Gasteiger partial charge >= 0.3 is 0 Å². The zero-order valence-corrected chi connectivity index (χ0v) is 15.0. The molecule has 2 aromatic carbocycles. The van der Waals surface area contributed by atoms with Crippen LogP contribution in [-0.4, -0.2) is 16.8 Å². The number of halogens is 1. The standard InChI is InChI=1S/C19H12ClN3O2S/c20-12-3-1-11(2-4-12)14-8-26-19-17(14)18(21-9-22-19)23-13-5-6-15-16(7-13)25-10-24-15/h1-9H,10H2,(H,21,22,23). The summed E-state index contributed by atoms with van der Waals surface area (Å²) >= 11 is 7.61. The molecular weight excluding hydrogens is 370 g/mol. The van der Waals surface area contributed by atoms with Crippen LogP contribution < -0.4 is 14.8 Å². The lowest BCUT2D eigenvalue weighted by molar-refractivity contribution is 0.174. The van der Waals surface area contributed by atoms with E-state index in [-0.39, 0.29) is 6.79 Å².